The Morgan fingerprint density at radius 1 is 1.07 bits per heavy atom. The third-order valence-corrected chi connectivity index (χ3v) is 7.39. The highest BCUT2D eigenvalue weighted by atomic mass is 32.1. The van der Waals surface area contributed by atoms with Crippen LogP contribution >= 0.6 is 11.3 Å². The highest BCUT2D eigenvalue weighted by molar-refractivity contribution is 7.21. The third kappa shape index (κ3) is 4.37. The average molecular weight is 392 g/mol. The molecule has 0 aliphatic carbocycles. The van der Waals surface area contributed by atoms with Crippen LogP contribution in [0.1, 0.15) is 52.0 Å². The van der Waals surface area contributed by atoms with Gasteiger partial charge in [0.25, 0.3) is 0 Å². The SMILES string of the molecule is Cc1ccc2sc(C(=O)CCC3CCN(Cc4ccccc4)CC3)c(C)c2c1. The van der Waals surface area contributed by atoms with Crippen molar-refractivity contribution in [2.45, 2.75) is 46.1 Å². The van der Waals surface area contributed by atoms with Gasteiger partial charge in [-0.1, -0.05) is 48.0 Å². The van der Waals surface area contributed by atoms with Crippen molar-refractivity contribution >= 4 is 27.2 Å². The van der Waals surface area contributed by atoms with Gasteiger partial charge >= 0.3 is 0 Å². The van der Waals surface area contributed by atoms with E-state index in [1.54, 1.807) is 11.3 Å². The van der Waals surface area contributed by atoms with Gasteiger partial charge in [-0.05, 0) is 74.7 Å². The molecule has 1 aromatic heterocycles. The molecule has 0 atom stereocenters. The first-order valence-electron chi connectivity index (χ1n) is 10.4. The molecule has 3 heteroatoms. The fourth-order valence-corrected chi connectivity index (χ4v) is 5.48. The Morgan fingerprint density at radius 2 is 1.82 bits per heavy atom. The summed E-state index contributed by atoms with van der Waals surface area (Å²) in [6.45, 7) is 7.56. The van der Waals surface area contributed by atoms with E-state index in [-0.39, 0.29) is 0 Å². The van der Waals surface area contributed by atoms with Gasteiger partial charge in [-0.3, -0.25) is 9.69 Å². The quantitative estimate of drug-likeness (QED) is 0.454. The maximum absolute atomic E-state index is 12.9. The Kier molecular flexibility index (Phi) is 5.93. The van der Waals surface area contributed by atoms with E-state index in [9.17, 15) is 4.79 Å². The molecule has 2 heterocycles. The zero-order valence-corrected chi connectivity index (χ0v) is 17.7. The number of rotatable bonds is 6. The topological polar surface area (TPSA) is 20.3 Å². The molecule has 146 valence electrons. The first-order valence-corrected chi connectivity index (χ1v) is 11.2. The van der Waals surface area contributed by atoms with Crippen LogP contribution in [0, 0.1) is 19.8 Å². The average Bonchev–Trinajstić information content (AvgIpc) is 3.04. The smallest absolute Gasteiger partial charge is 0.173 e. The Hall–Kier alpha value is -1.97. The van der Waals surface area contributed by atoms with Crippen LogP contribution in [0.3, 0.4) is 0 Å². The predicted molar refractivity (Wildman–Crippen MR) is 119 cm³/mol. The monoisotopic (exact) mass is 391 g/mol. The number of aryl methyl sites for hydroxylation is 2. The molecule has 0 radical (unpaired) electrons. The minimum Gasteiger partial charge on any atom is -0.299 e. The standard InChI is InChI=1S/C25H29NOS/c1-18-8-11-24-22(16-18)19(2)25(28-24)23(27)10-9-20-12-14-26(15-13-20)17-21-6-4-3-5-7-21/h3-8,11,16,20H,9-10,12-15,17H2,1-2H3. The van der Waals surface area contributed by atoms with Crippen molar-refractivity contribution in [2.24, 2.45) is 5.92 Å². The number of thiophene rings is 1. The van der Waals surface area contributed by atoms with Gasteiger partial charge in [0.2, 0.25) is 0 Å². The molecule has 0 spiro atoms. The highest BCUT2D eigenvalue weighted by Crippen LogP contribution is 2.33. The van der Waals surface area contributed by atoms with Crippen molar-refractivity contribution in [3.05, 3.63) is 70.1 Å². The number of carbonyl (C=O) groups excluding carboxylic acids is 1. The lowest BCUT2D eigenvalue weighted by Crippen LogP contribution is -2.33. The second kappa shape index (κ2) is 8.59. The van der Waals surface area contributed by atoms with E-state index in [0.29, 0.717) is 18.1 Å². The summed E-state index contributed by atoms with van der Waals surface area (Å²) in [5.41, 5.74) is 3.83. The van der Waals surface area contributed by atoms with E-state index in [2.05, 4.69) is 67.3 Å². The lowest BCUT2D eigenvalue weighted by molar-refractivity contribution is 0.0965. The van der Waals surface area contributed by atoms with E-state index < -0.39 is 0 Å². The van der Waals surface area contributed by atoms with Crippen molar-refractivity contribution in [3.63, 3.8) is 0 Å². The maximum Gasteiger partial charge on any atom is 0.173 e. The summed E-state index contributed by atoms with van der Waals surface area (Å²) < 4.78 is 1.24. The Labute approximate surface area is 172 Å². The molecule has 0 bridgehead atoms. The zero-order chi connectivity index (χ0) is 19.5. The third-order valence-electron chi connectivity index (χ3n) is 6.08. The summed E-state index contributed by atoms with van der Waals surface area (Å²) in [5, 5.41) is 1.25. The molecule has 2 aromatic carbocycles. The molecule has 0 N–H and O–H groups in total. The molecule has 28 heavy (non-hydrogen) atoms. The molecule has 0 saturated carbocycles. The summed E-state index contributed by atoms with van der Waals surface area (Å²) in [7, 11) is 0. The number of hydrogen-bond donors (Lipinski definition) is 0. The molecule has 0 unspecified atom stereocenters. The predicted octanol–water partition coefficient (Wildman–Crippen LogP) is 6.39. The normalized spacial score (nSPS) is 15.9. The first kappa shape index (κ1) is 19.4. The first-order chi connectivity index (χ1) is 13.6. The van der Waals surface area contributed by atoms with Gasteiger partial charge in [-0.25, -0.2) is 0 Å². The molecular weight excluding hydrogens is 362 g/mol. The van der Waals surface area contributed by atoms with Gasteiger partial charge < -0.3 is 0 Å². The van der Waals surface area contributed by atoms with Crippen molar-refractivity contribution in [1.82, 2.24) is 4.90 Å². The number of hydrogen-bond acceptors (Lipinski definition) is 3. The van der Waals surface area contributed by atoms with E-state index >= 15 is 0 Å². The number of likely N-dealkylation sites (tertiary alicyclic amines) is 1. The van der Waals surface area contributed by atoms with Crippen molar-refractivity contribution in [2.75, 3.05) is 13.1 Å². The number of ketones is 1. The van der Waals surface area contributed by atoms with Gasteiger partial charge in [0, 0.05) is 17.7 Å². The van der Waals surface area contributed by atoms with Crippen LogP contribution in [-0.2, 0) is 6.54 Å². The number of fused-ring (bicyclic) bond motifs is 1. The van der Waals surface area contributed by atoms with Crippen molar-refractivity contribution in [1.29, 1.82) is 0 Å². The van der Waals surface area contributed by atoms with Gasteiger partial charge in [0.15, 0.2) is 5.78 Å². The van der Waals surface area contributed by atoms with E-state index in [0.717, 1.165) is 30.9 Å². The molecule has 2 nitrogen and oxygen atoms in total. The van der Waals surface area contributed by atoms with Crippen LogP contribution in [-0.4, -0.2) is 23.8 Å². The van der Waals surface area contributed by atoms with Crippen LogP contribution in [0.5, 0.6) is 0 Å². The van der Waals surface area contributed by atoms with Crippen LogP contribution in [0.2, 0.25) is 0 Å². The molecule has 4 rings (SSSR count). The maximum atomic E-state index is 12.9. The van der Waals surface area contributed by atoms with E-state index in [1.165, 1.54) is 39.6 Å². The fourth-order valence-electron chi connectivity index (χ4n) is 4.32. The molecule has 1 aliphatic heterocycles. The number of Topliss-reactive ketones (excluding diaryl/α,β-unsaturated/α-hetero) is 1. The molecule has 1 aliphatic rings. The summed E-state index contributed by atoms with van der Waals surface area (Å²) in [4.78, 5) is 16.4. The zero-order valence-electron chi connectivity index (χ0n) is 16.9. The second-order valence-corrected chi connectivity index (χ2v) is 9.27. The van der Waals surface area contributed by atoms with E-state index in [1.807, 2.05) is 0 Å². The molecule has 1 saturated heterocycles. The second-order valence-electron chi connectivity index (χ2n) is 8.22. The Morgan fingerprint density at radius 3 is 2.57 bits per heavy atom. The van der Waals surface area contributed by atoms with Crippen molar-refractivity contribution < 1.29 is 4.79 Å². The van der Waals surface area contributed by atoms with Gasteiger partial charge in [0.05, 0.1) is 4.88 Å². The largest absolute Gasteiger partial charge is 0.299 e. The number of nitrogens with zero attached hydrogens (tertiary/aromatic N) is 1. The van der Waals surface area contributed by atoms with Gasteiger partial charge in [-0.2, -0.15) is 0 Å². The number of carbonyl (C=O) groups is 1. The molecular formula is C25H29NOS. The molecule has 0 amide bonds. The minimum absolute atomic E-state index is 0.336. The lowest BCUT2D eigenvalue weighted by Gasteiger charge is -2.31. The summed E-state index contributed by atoms with van der Waals surface area (Å²) in [6, 6.07) is 17.2. The summed E-state index contributed by atoms with van der Waals surface area (Å²) >= 11 is 1.67. The van der Waals surface area contributed by atoms with E-state index in [4.69, 9.17) is 0 Å². The van der Waals surface area contributed by atoms with Crippen LogP contribution < -0.4 is 0 Å². The van der Waals surface area contributed by atoms with Crippen LogP contribution in [0.25, 0.3) is 10.1 Å². The summed E-state index contributed by atoms with van der Waals surface area (Å²) in [6.07, 6.45) is 4.15. The summed E-state index contributed by atoms with van der Waals surface area (Å²) in [5.74, 6) is 1.02. The van der Waals surface area contributed by atoms with Gasteiger partial charge in [-0.15, -0.1) is 11.3 Å². The van der Waals surface area contributed by atoms with Crippen LogP contribution in [0.4, 0.5) is 0 Å². The molecule has 1 fully saturated rings. The minimum atomic E-state index is 0.336. The number of benzene rings is 2. The molecule has 3 aromatic rings. The van der Waals surface area contributed by atoms with Crippen LogP contribution in [0.15, 0.2) is 48.5 Å². The van der Waals surface area contributed by atoms with Crippen molar-refractivity contribution in [3.8, 4) is 0 Å². The number of piperidine rings is 1. The Balaban J connectivity index is 1.29. The Bertz CT molecular complexity index is 951. The lowest BCUT2D eigenvalue weighted by atomic mass is 9.90. The fraction of sp³-hybridized carbons (Fsp3) is 0.400. The van der Waals surface area contributed by atoms with Gasteiger partial charge in [0.1, 0.15) is 0 Å². The highest BCUT2D eigenvalue weighted by Gasteiger charge is 2.22.